The van der Waals surface area contributed by atoms with Crippen LogP contribution in [0, 0.1) is 0 Å². The van der Waals surface area contributed by atoms with Gasteiger partial charge >= 0.3 is 12.1 Å². The highest BCUT2D eigenvalue weighted by molar-refractivity contribution is 5.73. The van der Waals surface area contributed by atoms with E-state index in [0.717, 1.165) is 0 Å². The van der Waals surface area contributed by atoms with Crippen LogP contribution >= 0.6 is 0 Å². The molecule has 0 aliphatic carbocycles. The quantitative estimate of drug-likeness (QED) is 0.659. The summed E-state index contributed by atoms with van der Waals surface area (Å²) in [5, 5.41) is 9.07. The third-order valence-electron chi connectivity index (χ3n) is 2.07. The van der Waals surface area contributed by atoms with Crippen molar-refractivity contribution in [2.75, 3.05) is 0 Å². The molecule has 0 fully saturated rings. The first-order valence-corrected chi connectivity index (χ1v) is 4.77. The number of alkyl halides is 3. The molecule has 0 bridgehead atoms. The molecular formula is C11H11F3O3. The van der Waals surface area contributed by atoms with Crippen LogP contribution in [0.2, 0.25) is 0 Å². The molecule has 0 saturated heterocycles. The molecular weight excluding hydrogens is 237 g/mol. The molecule has 1 rings (SSSR count). The van der Waals surface area contributed by atoms with E-state index >= 15 is 0 Å². The number of aliphatic hydroxyl groups is 1. The van der Waals surface area contributed by atoms with E-state index in [0.29, 0.717) is 6.92 Å². The number of carbonyl (C=O) groups is 1. The molecule has 1 atom stereocenters. The molecule has 0 amide bonds. The van der Waals surface area contributed by atoms with Gasteiger partial charge < -0.3 is 9.84 Å². The maximum Gasteiger partial charge on any atom is 0.417 e. The molecule has 1 aromatic rings. The summed E-state index contributed by atoms with van der Waals surface area (Å²) in [6.45, 7) is 0.527. The fourth-order valence-electron chi connectivity index (χ4n) is 1.04. The monoisotopic (exact) mass is 248 g/mol. The second kappa shape index (κ2) is 4.75. The van der Waals surface area contributed by atoms with E-state index in [-0.39, 0.29) is 5.75 Å². The number of halogens is 3. The van der Waals surface area contributed by atoms with E-state index in [9.17, 15) is 18.0 Å². The van der Waals surface area contributed by atoms with Crippen LogP contribution in [0.1, 0.15) is 13.3 Å². The number of benzene rings is 1. The minimum atomic E-state index is -4.87. The predicted octanol–water partition coefficient (Wildman–Crippen LogP) is 2.30. The van der Waals surface area contributed by atoms with Crippen LogP contribution in [-0.4, -0.2) is 22.9 Å². The molecule has 94 valence electrons. The first-order chi connectivity index (χ1) is 7.72. The van der Waals surface area contributed by atoms with Crippen molar-refractivity contribution in [3.05, 3.63) is 30.3 Å². The van der Waals surface area contributed by atoms with Gasteiger partial charge in [-0.05, 0) is 19.1 Å². The Morgan fingerprint density at radius 3 is 2.29 bits per heavy atom. The highest BCUT2D eigenvalue weighted by Gasteiger charge is 2.51. The minimum Gasteiger partial charge on any atom is -0.426 e. The van der Waals surface area contributed by atoms with Crippen LogP contribution in [0.15, 0.2) is 30.3 Å². The van der Waals surface area contributed by atoms with Crippen LogP contribution < -0.4 is 4.74 Å². The fraction of sp³-hybridized carbons (Fsp3) is 0.364. The van der Waals surface area contributed by atoms with E-state index in [2.05, 4.69) is 4.74 Å². The van der Waals surface area contributed by atoms with Crippen molar-refractivity contribution >= 4 is 5.97 Å². The van der Waals surface area contributed by atoms with Gasteiger partial charge in [0.05, 0.1) is 6.42 Å². The number of esters is 1. The zero-order valence-corrected chi connectivity index (χ0v) is 8.99. The number of para-hydroxylation sites is 1. The third kappa shape index (κ3) is 3.74. The van der Waals surface area contributed by atoms with Gasteiger partial charge in [-0.2, -0.15) is 13.2 Å². The molecule has 1 unspecified atom stereocenters. The summed E-state index contributed by atoms with van der Waals surface area (Å²) in [5.41, 5.74) is -3.08. The molecule has 0 aromatic heterocycles. The molecule has 0 spiro atoms. The fourth-order valence-corrected chi connectivity index (χ4v) is 1.04. The van der Waals surface area contributed by atoms with Gasteiger partial charge in [-0.25, -0.2) is 0 Å². The predicted molar refractivity (Wildman–Crippen MR) is 53.4 cm³/mol. The number of hydrogen-bond donors (Lipinski definition) is 1. The summed E-state index contributed by atoms with van der Waals surface area (Å²) in [4.78, 5) is 11.2. The molecule has 0 heterocycles. The summed E-state index contributed by atoms with van der Waals surface area (Å²) in [5.74, 6) is -1.01. The summed E-state index contributed by atoms with van der Waals surface area (Å²) < 4.78 is 41.5. The van der Waals surface area contributed by atoms with E-state index in [1.165, 1.54) is 12.1 Å². The smallest absolute Gasteiger partial charge is 0.417 e. The average molecular weight is 248 g/mol. The van der Waals surface area contributed by atoms with Crippen LogP contribution in [0.3, 0.4) is 0 Å². The Balaban J connectivity index is 2.62. The van der Waals surface area contributed by atoms with Crippen LogP contribution in [0.25, 0.3) is 0 Å². The second-order valence-electron chi connectivity index (χ2n) is 3.74. The summed E-state index contributed by atoms with van der Waals surface area (Å²) >= 11 is 0. The molecule has 6 heteroatoms. The van der Waals surface area contributed by atoms with Gasteiger partial charge in [0.1, 0.15) is 5.75 Å². The highest BCUT2D eigenvalue weighted by atomic mass is 19.4. The molecule has 0 aliphatic rings. The Morgan fingerprint density at radius 1 is 1.29 bits per heavy atom. The van der Waals surface area contributed by atoms with E-state index in [4.69, 9.17) is 5.11 Å². The standard InChI is InChI=1S/C11H11F3O3/c1-10(16,11(12,13)14)7-9(15)17-8-5-3-2-4-6-8/h2-6,16H,7H2,1H3. The van der Waals surface area contributed by atoms with Gasteiger partial charge in [0.25, 0.3) is 0 Å². The van der Waals surface area contributed by atoms with Crippen molar-refractivity contribution in [2.45, 2.75) is 25.1 Å². The number of carbonyl (C=O) groups excluding carboxylic acids is 1. The van der Waals surface area contributed by atoms with Crippen molar-refractivity contribution in [1.82, 2.24) is 0 Å². The van der Waals surface area contributed by atoms with Crippen molar-refractivity contribution in [3.8, 4) is 5.75 Å². The van der Waals surface area contributed by atoms with Gasteiger partial charge in [-0.1, -0.05) is 18.2 Å². The lowest BCUT2D eigenvalue weighted by Gasteiger charge is -2.24. The SMILES string of the molecule is CC(O)(CC(=O)Oc1ccccc1)C(F)(F)F. The normalized spacial score (nSPS) is 15.1. The lowest BCUT2D eigenvalue weighted by molar-refractivity contribution is -0.254. The largest absolute Gasteiger partial charge is 0.426 e. The minimum absolute atomic E-state index is 0.135. The second-order valence-corrected chi connectivity index (χ2v) is 3.74. The Hall–Kier alpha value is -1.56. The molecule has 1 N–H and O–H groups in total. The number of ether oxygens (including phenoxy) is 1. The van der Waals surface area contributed by atoms with E-state index < -0.39 is 24.2 Å². The van der Waals surface area contributed by atoms with Crippen molar-refractivity contribution in [3.63, 3.8) is 0 Å². The van der Waals surface area contributed by atoms with Crippen molar-refractivity contribution in [1.29, 1.82) is 0 Å². The van der Waals surface area contributed by atoms with E-state index in [1.807, 2.05) is 0 Å². The van der Waals surface area contributed by atoms with E-state index in [1.54, 1.807) is 18.2 Å². The summed E-state index contributed by atoms with van der Waals surface area (Å²) in [6, 6.07) is 7.68. The Kier molecular flexibility index (Phi) is 3.77. The van der Waals surface area contributed by atoms with Crippen LogP contribution in [0.5, 0.6) is 5.75 Å². The van der Waals surface area contributed by atoms with Gasteiger partial charge in [-0.3, -0.25) is 4.79 Å². The summed E-state index contributed by atoms with van der Waals surface area (Å²) in [6.07, 6.45) is -6.02. The lowest BCUT2D eigenvalue weighted by Crippen LogP contribution is -2.44. The Bertz CT molecular complexity index is 385. The molecule has 17 heavy (non-hydrogen) atoms. The maximum absolute atomic E-state index is 12.3. The summed E-state index contributed by atoms with van der Waals surface area (Å²) in [7, 11) is 0. The molecule has 0 aliphatic heterocycles. The van der Waals surface area contributed by atoms with Crippen molar-refractivity contribution in [2.24, 2.45) is 0 Å². The van der Waals surface area contributed by atoms with Gasteiger partial charge in [-0.15, -0.1) is 0 Å². The Morgan fingerprint density at radius 2 is 1.82 bits per heavy atom. The number of rotatable bonds is 3. The zero-order valence-electron chi connectivity index (χ0n) is 8.99. The molecule has 0 saturated carbocycles. The first kappa shape index (κ1) is 13.5. The third-order valence-corrected chi connectivity index (χ3v) is 2.07. The number of hydrogen-bond acceptors (Lipinski definition) is 3. The highest BCUT2D eigenvalue weighted by Crippen LogP contribution is 2.32. The van der Waals surface area contributed by atoms with Gasteiger partial charge in [0.15, 0.2) is 5.60 Å². The Labute approximate surface area is 95.8 Å². The van der Waals surface area contributed by atoms with Crippen LogP contribution in [0.4, 0.5) is 13.2 Å². The van der Waals surface area contributed by atoms with Crippen LogP contribution in [-0.2, 0) is 4.79 Å². The average Bonchev–Trinajstić information content (AvgIpc) is 2.16. The van der Waals surface area contributed by atoms with Crippen molar-refractivity contribution < 1.29 is 27.8 Å². The maximum atomic E-state index is 12.3. The topological polar surface area (TPSA) is 46.5 Å². The molecule has 1 aromatic carbocycles. The van der Waals surface area contributed by atoms with Gasteiger partial charge in [0.2, 0.25) is 0 Å². The van der Waals surface area contributed by atoms with Gasteiger partial charge in [0, 0.05) is 0 Å². The zero-order chi connectivity index (χ0) is 13.1. The lowest BCUT2D eigenvalue weighted by atomic mass is 10.0. The first-order valence-electron chi connectivity index (χ1n) is 4.77. The molecule has 3 nitrogen and oxygen atoms in total. The molecule has 0 radical (unpaired) electrons.